The Morgan fingerprint density at radius 2 is 2.07 bits per heavy atom. The Balaban J connectivity index is 1.55. The van der Waals surface area contributed by atoms with Gasteiger partial charge in [-0.3, -0.25) is 14.5 Å². The lowest BCUT2D eigenvalue weighted by atomic mass is 10.2. The first kappa shape index (κ1) is 18.3. The Bertz CT molecular complexity index is 1000. The minimum Gasteiger partial charge on any atom is -0.469 e. The van der Waals surface area contributed by atoms with E-state index in [0.29, 0.717) is 22.7 Å². The average Bonchev–Trinajstić information content (AvgIpc) is 3.15. The zero-order valence-corrected chi connectivity index (χ0v) is 16.1. The third kappa shape index (κ3) is 3.80. The third-order valence-corrected chi connectivity index (χ3v) is 5.49. The fourth-order valence-electron chi connectivity index (χ4n) is 3.16. The number of rotatable bonds is 5. The summed E-state index contributed by atoms with van der Waals surface area (Å²) < 4.78 is 5.33. The Morgan fingerprint density at radius 1 is 1.21 bits per heavy atom. The van der Waals surface area contributed by atoms with Crippen molar-refractivity contribution in [3.8, 4) is 0 Å². The summed E-state index contributed by atoms with van der Waals surface area (Å²) in [7, 11) is 0. The molecule has 2 amide bonds. The number of para-hydroxylation sites is 1. The number of carbonyl (C=O) groups is 2. The van der Waals surface area contributed by atoms with E-state index in [0.717, 1.165) is 10.7 Å². The van der Waals surface area contributed by atoms with Crippen molar-refractivity contribution in [1.82, 2.24) is 10.3 Å². The minimum absolute atomic E-state index is 0.0623. The lowest BCUT2D eigenvalue weighted by Gasteiger charge is -2.23. The van der Waals surface area contributed by atoms with Gasteiger partial charge in [-0.05, 0) is 43.3 Å². The molecule has 1 aliphatic rings. The molecule has 1 aliphatic heterocycles. The first-order valence-corrected chi connectivity index (χ1v) is 9.79. The van der Waals surface area contributed by atoms with E-state index in [-0.39, 0.29) is 24.4 Å². The molecule has 0 aliphatic carbocycles. The van der Waals surface area contributed by atoms with Gasteiger partial charge in [0.1, 0.15) is 17.3 Å². The number of aromatic nitrogens is 1. The van der Waals surface area contributed by atoms with Crippen molar-refractivity contribution in [3.63, 3.8) is 0 Å². The second kappa shape index (κ2) is 7.90. The molecule has 0 bridgehead atoms. The maximum atomic E-state index is 13.2. The number of nitrogens with zero attached hydrogens (tertiary/aromatic N) is 2. The molecule has 0 saturated heterocycles. The Kier molecular flexibility index (Phi) is 5.16. The molecule has 4 rings (SSSR count). The molecule has 3 heterocycles. The maximum absolute atomic E-state index is 13.2. The van der Waals surface area contributed by atoms with Crippen LogP contribution < -0.4 is 10.2 Å². The van der Waals surface area contributed by atoms with E-state index in [4.69, 9.17) is 4.42 Å². The standard InChI is InChI=1S/C21H19N3O3S/c1-14(12-15-6-5-11-27-15)23-19(25)13-24-17-8-2-3-9-18(17)28-20-16(21(24)26)7-4-10-22-20/h2-11,14H,12-13H2,1H3,(H,23,25)/t14-/m0/s1. The van der Waals surface area contributed by atoms with Crippen LogP contribution in [-0.4, -0.2) is 29.4 Å². The molecule has 3 aromatic rings. The van der Waals surface area contributed by atoms with Gasteiger partial charge in [0.2, 0.25) is 5.91 Å². The van der Waals surface area contributed by atoms with E-state index in [9.17, 15) is 9.59 Å². The molecule has 142 valence electrons. The Labute approximate surface area is 166 Å². The molecule has 1 atom stereocenters. The highest BCUT2D eigenvalue weighted by Gasteiger charge is 2.29. The highest BCUT2D eigenvalue weighted by Crippen LogP contribution is 2.39. The monoisotopic (exact) mass is 393 g/mol. The molecular formula is C21H19N3O3S. The van der Waals surface area contributed by atoms with Crippen molar-refractivity contribution >= 4 is 29.3 Å². The van der Waals surface area contributed by atoms with Gasteiger partial charge in [-0.25, -0.2) is 4.98 Å². The van der Waals surface area contributed by atoms with Crippen LogP contribution in [0.2, 0.25) is 0 Å². The SMILES string of the molecule is C[C@@H](Cc1ccco1)NC(=O)CN1C(=O)c2cccnc2Sc2ccccc21. The Hall–Kier alpha value is -3.06. The smallest absolute Gasteiger partial charge is 0.261 e. The molecule has 0 fully saturated rings. The molecule has 7 heteroatoms. The quantitative estimate of drug-likeness (QED) is 0.718. The molecule has 6 nitrogen and oxygen atoms in total. The number of hydrogen-bond donors (Lipinski definition) is 1. The summed E-state index contributed by atoms with van der Waals surface area (Å²) in [6, 6.07) is 14.6. The molecule has 0 unspecified atom stereocenters. The van der Waals surface area contributed by atoms with Gasteiger partial charge >= 0.3 is 0 Å². The summed E-state index contributed by atoms with van der Waals surface area (Å²) in [4.78, 5) is 32.6. The van der Waals surface area contributed by atoms with Crippen LogP contribution in [0, 0.1) is 0 Å². The van der Waals surface area contributed by atoms with E-state index >= 15 is 0 Å². The second-order valence-corrected chi connectivity index (χ2v) is 7.60. The van der Waals surface area contributed by atoms with E-state index in [1.54, 1.807) is 24.6 Å². The van der Waals surface area contributed by atoms with Crippen molar-refractivity contribution < 1.29 is 14.0 Å². The summed E-state index contributed by atoms with van der Waals surface area (Å²) in [6.45, 7) is 1.85. The summed E-state index contributed by atoms with van der Waals surface area (Å²) >= 11 is 1.44. The normalized spacial score (nSPS) is 14.0. The van der Waals surface area contributed by atoms with Gasteiger partial charge in [-0.1, -0.05) is 23.9 Å². The number of nitrogens with one attached hydrogen (secondary N) is 1. The van der Waals surface area contributed by atoms with Crippen LogP contribution in [0.15, 0.2) is 75.3 Å². The van der Waals surface area contributed by atoms with Crippen molar-refractivity contribution in [3.05, 3.63) is 72.3 Å². The van der Waals surface area contributed by atoms with E-state index < -0.39 is 0 Å². The zero-order valence-electron chi connectivity index (χ0n) is 15.3. The molecule has 1 N–H and O–H groups in total. The van der Waals surface area contributed by atoms with Crippen LogP contribution in [0.3, 0.4) is 0 Å². The van der Waals surface area contributed by atoms with Crippen LogP contribution >= 0.6 is 11.8 Å². The van der Waals surface area contributed by atoms with Gasteiger partial charge in [-0.15, -0.1) is 0 Å². The van der Waals surface area contributed by atoms with E-state index in [2.05, 4.69) is 10.3 Å². The van der Waals surface area contributed by atoms with Crippen molar-refractivity contribution in [2.75, 3.05) is 11.4 Å². The van der Waals surface area contributed by atoms with Gasteiger partial charge in [0.05, 0.1) is 17.5 Å². The van der Waals surface area contributed by atoms with Crippen molar-refractivity contribution in [1.29, 1.82) is 0 Å². The molecule has 2 aromatic heterocycles. The maximum Gasteiger partial charge on any atom is 0.261 e. The lowest BCUT2D eigenvalue weighted by Crippen LogP contribution is -2.44. The predicted octanol–water partition coefficient (Wildman–Crippen LogP) is 3.53. The van der Waals surface area contributed by atoms with Crippen LogP contribution in [0.25, 0.3) is 0 Å². The van der Waals surface area contributed by atoms with Gasteiger partial charge in [0, 0.05) is 23.6 Å². The fourth-order valence-corrected chi connectivity index (χ4v) is 4.18. The van der Waals surface area contributed by atoms with Crippen LogP contribution in [0.4, 0.5) is 5.69 Å². The number of furan rings is 1. The van der Waals surface area contributed by atoms with Gasteiger partial charge in [0.25, 0.3) is 5.91 Å². The lowest BCUT2D eigenvalue weighted by molar-refractivity contribution is -0.120. The van der Waals surface area contributed by atoms with Gasteiger partial charge in [0.15, 0.2) is 0 Å². The first-order valence-electron chi connectivity index (χ1n) is 8.97. The third-order valence-electron chi connectivity index (χ3n) is 4.41. The van der Waals surface area contributed by atoms with Crippen LogP contribution in [0.1, 0.15) is 23.0 Å². The van der Waals surface area contributed by atoms with E-state index in [1.807, 2.05) is 43.3 Å². The highest BCUT2D eigenvalue weighted by atomic mass is 32.2. The summed E-state index contributed by atoms with van der Waals surface area (Å²) in [5.74, 6) is 0.356. The predicted molar refractivity (Wildman–Crippen MR) is 106 cm³/mol. The molecule has 1 aromatic carbocycles. The topological polar surface area (TPSA) is 75.4 Å². The number of fused-ring (bicyclic) bond motifs is 2. The molecule has 0 spiro atoms. The largest absolute Gasteiger partial charge is 0.469 e. The van der Waals surface area contributed by atoms with E-state index in [1.165, 1.54) is 16.7 Å². The molecular weight excluding hydrogens is 374 g/mol. The summed E-state index contributed by atoms with van der Waals surface area (Å²) in [5.41, 5.74) is 1.21. The molecule has 0 radical (unpaired) electrons. The number of hydrogen-bond acceptors (Lipinski definition) is 5. The number of benzene rings is 1. The number of carbonyl (C=O) groups excluding carboxylic acids is 2. The average molecular weight is 393 g/mol. The zero-order chi connectivity index (χ0) is 19.5. The van der Waals surface area contributed by atoms with Gasteiger partial charge < -0.3 is 9.73 Å². The fraction of sp³-hybridized carbons (Fsp3) is 0.190. The number of anilines is 1. The second-order valence-electron chi connectivity index (χ2n) is 6.57. The minimum atomic E-state index is -0.227. The number of pyridine rings is 1. The summed E-state index contributed by atoms with van der Waals surface area (Å²) in [6.07, 6.45) is 3.87. The van der Waals surface area contributed by atoms with Crippen LogP contribution in [0.5, 0.6) is 0 Å². The van der Waals surface area contributed by atoms with Gasteiger partial charge in [-0.2, -0.15) is 0 Å². The van der Waals surface area contributed by atoms with Crippen molar-refractivity contribution in [2.24, 2.45) is 0 Å². The van der Waals surface area contributed by atoms with Crippen LogP contribution in [-0.2, 0) is 11.2 Å². The van der Waals surface area contributed by atoms with Crippen molar-refractivity contribution in [2.45, 2.75) is 29.3 Å². The summed E-state index contributed by atoms with van der Waals surface area (Å²) in [5, 5.41) is 3.59. The molecule has 28 heavy (non-hydrogen) atoms. The Morgan fingerprint density at radius 3 is 2.89 bits per heavy atom. The number of amides is 2. The highest BCUT2D eigenvalue weighted by molar-refractivity contribution is 7.99. The molecule has 0 saturated carbocycles. The first-order chi connectivity index (χ1) is 13.6.